The molecule has 1 saturated heterocycles. The van der Waals surface area contributed by atoms with Crippen molar-refractivity contribution in [3.05, 3.63) is 41.5 Å². The van der Waals surface area contributed by atoms with E-state index in [1.165, 1.54) is 4.90 Å². The average Bonchev–Trinajstić information content (AvgIpc) is 3.18. The summed E-state index contributed by atoms with van der Waals surface area (Å²) in [4.78, 5) is 37.0. The highest BCUT2D eigenvalue weighted by atomic mass is 16.6. The van der Waals surface area contributed by atoms with E-state index in [9.17, 15) is 14.4 Å². The predicted octanol–water partition coefficient (Wildman–Crippen LogP) is 1.99. The van der Waals surface area contributed by atoms with Gasteiger partial charge in [-0.2, -0.15) is 0 Å². The minimum atomic E-state index is -1.34. The summed E-state index contributed by atoms with van der Waals surface area (Å²) < 4.78 is 5.35. The third-order valence-electron chi connectivity index (χ3n) is 4.56. The van der Waals surface area contributed by atoms with Gasteiger partial charge in [0.15, 0.2) is 0 Å². The molecule has 2 aliphatic rings. The third kappa shape index (κ3) is 3.15. The summed E-state index contributed by atoms with van der Waals surface area (Å²) in [7, 11) is 0. The van der Waals surface area contributed by atoms with Gasteiger partial charge in [-0.1, -0.05) is 30.9 Å². The standard InChI is InChI=1S/C17H18N2O6/c1-2-10-4-3-5-11-7-18(9-13(10)11)17(24)25-12-6-14(15(20)21)19(8-12)16(22)23/h2-5,12,14H,1,6-9H2,(H,20,21)(H,22,23). The zero-order valence-electron chi connectivity index (χ0n) is 13.4. The van der Waals surface area contributed by atoms with E-state index in [0.29, 0.717) is 13.1 Å². The zero-order chi connectivity index (χ0) is 18.1. The lowest BCUT2D eigenvalue weighted by Gasteiger charge is -2.19. The number of ether oxygens (including phenoxy) is 1. The van der Waals surface area contributed by atoms with Crippen LogP contribution in [0.3, 0.4) is 0 Å². The van der Waals surface area contributed by atoms with Crippen LogP contribution in [0.2, 0.25) is 0 Å². The summed E-state index contributed by atoms with van der Waals surface area (Å²) in [6.45, 7) is 4.40. The maximum Gasteiger partial charge on any atom is 0.410 e. The molecule has 0 aromatic heterocycles. The number of fused-ring (bicyclic) bond motifs is 1. The van der Waals surface area contributed by atoms with Crippen molar-refractivity contribution in [3.8, 4) is 0 Å². The summed E-state index contributed by atoms with van der Waals surface area (Å²) >= 11 is 0. The highest BCUT2D eigenvalue weighted by Gasteiger charge is 2.42. The normalized spacial score (nSPS) is 21.8. The van der Waals surface area contributed by atoms with Crippen molar-refractivity contribution in [2.24, 2.45) is 0 Å². The van der Waals surface area contributed by atoms with Gasteiger partial charge in [-0.25, -0.2) is 14.4 Å². The SMILES string of the molecule is C=Cc1cccc2c1CN(C(=O)OC1CC(C(=O)O)N(C(=O)O)C1)C2. The van der Waals surface area contributed by atoms with E-state index in [-0.39, 0.29) is 13.0 Å². The summed E-state index contributed by atoms with van der Waals surface area (Å²) in [6.07, 6.45) is -1.01. The molecule has 2 unspecified atom stereocenters. The molecule has 132 valence electrons. The second kappa shape index (κ2) is 6.46. The maximum atomic E-state index is 12.4. The van der Waals surface area contributed by atoms with Crippen LogP contribution in [0.5, 0.6) is 0 Å². The second-order valence-corrected chi connectivity index (χ2v) is 6.08. The van der Waals surface area contributed by atoms with Crippen LogP contribution in [0.1, 0.15) is 23.1 Å². The van der Waals surface area contributed by atoms with Crippen LogP contribution in [0.4, 0.5) is 9.59 Å². The van der Waals surface area contributed by atoms with Crippen molar-refractivity contribution in [1.82, 2.24) is 9.80 Å². The molecule has 1 aromatic carbocycles. The molecule has 0 radical (unpaired) electrons. The van der Waals surface area contributed by atoms with Crippen LogP contribution < -0.4 is 0 Å². The highest BCUT2D eigenvalue weighted by Crippen LogP contribution is 2.28. The Hall–Kier alpha value is -3.03. The van der Waals surface area contributed by atoms with E-state index in [0.717, 1.165) is 21.6 Å². The Bertz CT molecular complexity index is 725. The number of benzene rings is 1. The number of amides is 2. The quantitative estimate of drug-likeness (QED) is 0.867. The highest BCUT2D eigenvalue weighted by molar-refractivity contribution is 5.80. The molecule has 3 rings (SSSR count). The molecular weight excluding hydrogens is 328 g/mol. The molecule has 1 fully saturated rings. The Morgan fingerprint density at radius 3 is 2.60 bits per heavy atom. The molecule has 0 aliphatic carbocycles. The van der Waals surface area contributed by atoms with E-state index >= 15 is 0 Å². The van der Waals surface area contributed by atoms with Crippen molar-refractivity contribution in [2.75, 3.05) is 6.54 Å². The lowest BCUT2D eigenvalue weighted by molar-refractivity contribution is -0.141. The molecule has 2 aliphatic heterocycles. The summed E-state index contributed by atoms with van der Waals surface area (Å²) in [5.41, 5.74) is 2.98. The third-order valence-corrected chi connectivity index (χ3v) is 4.56. The molecule has 0 bridgehead atoms. The van der Waals surface area contributed by atoms with E-state index in [2.05, 4.69) is 6.58 Å². The van der Waals surface area contributed by atoms with Gasteiger partial charge in [-0.05, 0) is 16.7 Å². The lowest BCUT2D eigenvalue weighted by Crippen LogP contribution is -2.39. The first-order valence-electron chi connectivity index (χ1n) is 7.81. The molecule has 0 saturated carbocycles. The van der Waals surface area contributed by atoms with Crippen LogP contribution in [0.15, 0.2) is 24.8 Å². The van der Waals surface area contributed by atoms with Gasteiger partial charge in [0.05, 0.1) is 13.1 Å². The smallest absolute Gasteiger partial charge is 0.410 e. The molecule has 8 nitrogen and oxygen atoms in total. The number of hydrogen-bond acceptors (Lipinski definition) is 4. The van der Waals surface area contributed by atoms with Crippen molar-refractivity contribution in [1.29, 1.82) is 0 Å². The van der Waals surface area contributed by atoms with Crippen molar-refractivity contribution in [2.45, 2.75) is 31.7 Å². The average molecular weight is 346 g/mol. The van der Waals surface area contributed by atoms with Gasteiger partial charge >= 0.3 is 18.2 Å². The minimum Gasteiger partial charge on any atom is -0.480 e. The number of carbonyl (C=O) groups is 3. The minimum absolute atomic E-state index is 0.0495. The fourth-order valence-electron chi connectivity index (χ4n) is 3.31. The summed E-state index contributed by atoms with van der Waals surface area (Å²) in [6, 6.07) is 4.54. The van der Waals surface area contributed by atoms with Crippen LogP contribution in [0, 0.1) is 0 Å². The molecule has 2 heterocycles. The Balaban J connectivity index is 1.65. The summed E-state index contributed by atoms with van der Waals surface area (Å²) in [5.74, 6) is -1.25. The molecule has 1 aromatic rings. The van der Waals surface area contributed by atoms with Crippen LogP contribution in [-0.4, -0.2) is 56.9 Å². The molecule has 8 heteroatoms. The number of nitrogens with zero attached hydrogens (tertiary/aromatic N) is 2. The molecule has 25 heavy (non-hydrogen) atoms. The molecule has 2 N–H and O–H groups in total. The van der Waals surface area contributed by atoms with Crippen molar-refractivity contribution in [3.63, 3.8) is 0 Å². The number of aliphatic carboxylic acids is 1. The first-order chi connectivity index (χ1) is 11.9. The Morgan fingerprint density at radius 2 is 2.00 bits per heavy atom. The monoisotopic (exact) mass is 346 g/mol. The molecule has 0 spiro atoms. The van der Waals surface area contributed by atoms with Crippen LogP contribution >= 0.6 is 0 Å². The first kappa shape index (κ1) is 16.8. The number of carboxylic acid groups (broad SMARTS) is 2. The van der Waals surface area contributed by atoms with Gasteiger partial charge in [-0.15, -0.1) is 0 Å². The first-order valence-corrected chi connectivity index (χ1v) is 7.81. The molecular formula is C17H18N2O6. The van der Waals surface area contributed by atoms with E-state index < -0.39 is 30.3 Å². The van der Waals surface area contributed by atoms with Crippen LogP contribution in [0.25, 0.3) is 6.08 Å². The molecule has 2 amide bonds. The predicted molar refractivity (Wildman–Crippen MR) is 86.8 cm³/mol. The number of carboxylic acids is 1. The number of hydrogen-bond donors (Lipinski definition) is 2. The summed E-state index contributed by atoms with van der Waals surface area (Å²) in [5, 5.41) is 18.2. The van der Waals surface area contributed by atoms with E-state index in [1.54, 1.807) is 6.08 Å². The fraction of sp³-hybridized carbons (Fsp3) is 0.353. The van der Waals surface area contributed by atoms with Crippen molar-refractivity contribution >= 4 is 24.2 Å². The largest absolute Gasteiger partial charge is 0.480 e. The Morgan fingerprint density at radius 1 is 1.24 bits per heavy atom. The van der Waals surface area contributed by atoms with Gasteiger partial charge in [0, 0.05) is 13.0 Å². The van der Waals surface area contributed by atoms with E-state index in [4.69, 9.17) is 14.9 Å². The van der Waals surface area contributed by atoms with E-state index in [1.807, 2.05) is 18.2 Å². The Kier molecular flexibility index (Phi) is 4.35. The van der Waals surface area contributed by atoms with Crippen molar-refractivity contribution < 1.29 is 29.3 Å². The van der Waals surface area contributed by atoms with Gasteiger partial charge in [0.25, 0.3) is 0 Å². The maximum absolute atomic E-state index is 12.4. The second-order valence-electron chi connectivity index (χ2n) is 6.08. The topological polar surface area (TPSA) is 107 Å². The fourth-order valence-corrected chi connectivity index (χ4v) is 3.31. The molecule has 2 atom stereocenters. The van der Waals surface area contributed by atoms with Gasteiger partial charge in [0.1, 0.15) is 12.1 Å². The van der Waals surface area contributed by atoms with Gasteiger partial charge in [-0.3, -0.25) is 9.80 Å². The number of rotatable bonds is 3. The Labute approximate surface area is 143 Å². The number of carbonyl (C=O) groups excluding carboxylic acids is 1. The van der Waals surface area contributed by atoms with Crippen LogP contribution in [-0.2, 0) is 22.6 Å². The zero-order valence-corrected chi connectivity index (χ0v) is 13.4. The number of likely N-dealkylation sites (tertiary alicyclic amines) is 1. The lowest BCUT2D eigenvalue weighted by atomic mass is 10.0. The van der Waals surface area contributed by atoms with Gasteiger partial charge < -0.3 is 14.9 Å². The van der Waals surface area contributed by atoms with Gasteiger partial charge in [0.2, 0.25) is 0 Å².